The van der Waals surface area contributed by atoms with Crippen LogP contribution < -0.4 is 9.80 Å². The molecule has 0 N–H and O–H groups in total. The molecule has 0 aliphatic carbocycles. The van der Waals surface area contributed by atoms with Crippen molar-refractivity contribution in [1.82, 2.24) is 4.98 Å². The molecule has 3 rings (SSSR count). The Kier molecular flexibility index (Phi) is 3.60. The normalized spacial score (nSPS) is 17.5. The van der Waals surface area contributed by atoms with E-state index in [0.29, 0.717) is 0 Å². The van der Waals surface area contributed by atoms with E-state index in [-0.39, 0.29) is 11.9 Å². The number of hydrogen-bond acceptors (Lipinski definition) is 3. The standard InChI is InChI=1S/C17H19N3O/c1-13-11-19(12-15-6-5-9-18-10-15)16-7-3-4-8-17(16)20(13)14(2)21/h3-10,13H,11-12H2,1-2H3/t13-/m0/s1. The molecule has 0 unspecified atom stereocenters. The number of hydrogen-bond donors (Lipinski definition) is 0. The van der Waals surface area contributed by atoms with E-state index in [1.807, 2.05) is 35.4 Å². The number of carbonyl (C=O) groups is 1. The molecule has 2 aromatic rings. The van der Waals surface area contributed by atoms with E-state index < -0.39 is 0 Å². The molecule has 1 aromatic heterocycles. The van der Waals surface area contributed by atoms with Crippen LogP contribution in [0.15, 0.2) is 48.8 Å². The van der Waals surface area contributed by atoms with Gasteiger partial charge in [0.1, 0.15) is 0 Å². The van der Waals surface area contributed by atoms with Crippen molar-refractivity contribution in [1.29, 1.82) is 0 Å². The van der Waals surface area contributed by atoms with Crippen molar-refractivity contribution in [2.45, 2.75) is 26.4 Å². The number of rotatable bonds is 2. The van der Waals surface area contributed by atoms with Gasteiger partial charge in [-0.1, -0.05) is 18.2 Å². The maximum absolute atomic E-state index is 11.9. The number of carbonyl (C=O) groups excluding carboxylic acids is 1. The minimum absolute atomic E-state index is 0.0935. The summed E-state index contributed by atoms with van der Waals surface area (Å²) in [7, 11) is 0. The van der Waals surface area contributed by atoms with Gasteiger partial charge in [0.25, 0.3) is 0 Å². The highest BCUT2D eigenvalue weighted by molar-refractivity contribution is 5.97. The van der Waals surface area contributed by atoms with Crippen LogP contribution in [-0.2, 0) is 11.3 Å². The molecule has 108 valence electrons. The molecule has 0 saturated carbocycles. The minimum atomic E-state index is 0.0935. The van der Waals surface area contributed by atoms with Gasteiger partial charge in [-0.3, -0.25) is 9.78 Å². The van der Waals surface area contributed by atoms with Gasteiger partial charge in [0, 0.05) is 32.4 Å². The van der Waals surface area contributed by atoms with Crippen molar-refractivity contribution in [2.75, 3.05) is 16.3 Å². The molecule has 4 heteroatoms. The summed E-state index contributed by atoms with van der Waals surface area (Å²) in [5, 5.41) is 0. The third-order valence-electron chi connectivity index (χ3n) is 3.84. The second-order valence-corrected chi connectivity index (χ2v) is 5.47. The van der Waals surface area contributed by atoms with Crippen LogP contribution in [0.5, 0.6) is 0 Å². The maximum Gasteiger partial charge on any atom is 0.224 e. The van der Waals surface area contributed by atoms with Gasteiger partial charge >= 0.3 is 0 Å². The Morgan fingerprint density at radius 1 is 1.24 bits per heavy atom. The zero-order chi connectivity index (χ0) is 14.8. The fraction of sp³-hybridized carbons (Fsp3) is 0.294. The van der Waals surface area contributed by atoms with Gasteiger partial charge in [-0.25, -0.2) is 0 Å². The zero-order valence-corrected chi connectivity index (χ0v) is 12.4. The average Bonchev–Trinajstić information content (AvgIpc) is 2.48. The Morgan fingerprint density at radius 2 is 2.00 bits per heavy atom. The lowest BCUT2D eigenvalue weighted by atomic mass is 10.1. The summed E-state index contributed by atoms with van der Waals surface area (Å²) >= 11 is 0. The highest BCUT2D eigenvalue weighted by Crippen LogP contribution is 2.36. The van der Waals surface area contributed by atoms with E-state index in [1.54, 1.807) is 13.1 Å². The lowest BCUT2D eigenvalue weighted by Crippen LogP contribution is -2.49. The molecule has 1 aromatic carbocycles. The number of anilines is 2. The number of pyridine rings is 1. The van der Waals surface area contributed by atoms with Crippen molar-refractivity contribution < 1.29 is 4.79 Å². The highest BCUT2D eigenvalue weighted by Gasteiger charge is 2.30. The summed E-state index contributed by atoms with van der Waals surface area (Å²) in [6, 6.07) is 12.3. The fourth-order valence-corrected chi connectivity index (χ4v) is 3.01. The van der Waals surface area contributed by atoms with Crippen LogP contribution in [0.2, 0.25) is 0 Å². The topological polar surface area (TPSA) is 36.4 Å². The molecular weight excluding hydrogens is 262 g/mol. The molecule has 0 spiro atoms. The lowest BCUT2D eigenvalue weighted by molar-refractivity contribution is -0.117. The third-order valence-corrected chi connectivity index (χ3v) is 3.84. The monoisotopic (exact) mass is 281 g/mol. The number of aromatic nitrogens is 1. The summed E-state index contributed by atoms with van der Waals surface area (Å²) in [4.78, 5) is 20.3. The first-order valence-electron chi connectivity index (χ1n) is 7.19. The van der Waals surface area contributed by atoms with Gasteiger partial charge in [-0.2, -0.15) is 0 Å². The van der Waals surface area contributed by atoms with E-state index in [0.717, 1.165) is 24.5 Å². The number of para-hydroxylation sites is 2. The molecule has 0 saturated heterocycles. The molecule has 0 radical (unpaired) electrons. The molecule has 1 aliphatic heterocycles. The average molecular weight is 281 g/mol. The number of amides is 1. The van der Waals surface area contributed by atoms with Crippen molar-refractivity contribution in [3.63, 3.8) is 0 Å². The predicted molar refractivity (Wildman–Crippen MR) is 84.4 cm³/mol. The SMILES string of the molecule is CC(=O)N1c2ccccc2N(Cc2cccnc2)C[C@@H]1C. The van der Waals surface area contributed by atoms with Crippen LogP contribution in [0.4, 0.5) is 11.4 Å². The van der Waals surface area contributed by atoms with Crippen molar-refractivity contribution in [3.8, 4) is 0 Å². The van der Waals surface area contributed by atoms with Gasteiger partial charge in [-0.05, 0) is 30.7 Å². The van der Waals surface area contributed by atoms with E-state index in [9.17, 15) is 4.79 Å². The number of nitrogens with zero attached hydrogens (tertiary/aromatic N) is 3. The smallest absolute Gasteiger partial charge is 0.224 e. The van der Waals surface area contributed by atoms with E-state index in [1.165, 1.54) is 5.56 Å². The van der Waals surface area contributed by atoms with Gasteiger partial charge in [0.15, 0.2) is 0 Å². The first kappa shape index (κ1) is 13.6. The number of benzene rings is 1. The Balaban J connectivity index is 1.96. The lowest BCUT2D eigenvalue weighted by Gasteiger charge is -2.41. The van der Waals surface area contributed by atoms with E-state index >= 15 is 0 Å². The predicted octanol–water partition coefficient (Wildman–Crippen LogP) is 2.84. The van der Waals surface area contributed by atoms with Crippen LogP contribution in [0, 0.1) is 0 Å². The van der Waals surface area contributed by atoms with E-state index in [2.05, 4.69) is 28.9 Å². The molecule has 1 amide bonds. The summed E-state index contributed by atoms with van der Waals surface area (Å²) in [6.45, 7) is 5.35. The van der Waals surface area contributed by atoms with Crippen molar-refractivity contribution in [2.24, 2.45) is 0 Å². The summed E-state index contributed by atoms with van der Waals surface area (Å²) in [5.41, 5.74) is 3.28. The Morgan fingerprint density at radius 3 is 2.67 bits per heavy atom. The second-order valence-electron chi connectivity index (χ2n) is 5.47. The molecule has 2 heterocycles. The first-order valence-corrected chi connectivity index (χ1v) is 7.19. The molecular formula is C17H19N3O. The zero-order valence-electron chi connectivity index (χ0n) is 12.4. The largest absolute Gasteiger partial charge is 0.363 e. The van der Waals surface area contributed by atoms with Gasteiger partial charge in [0.05, 0.1) is 17.4 Å². The Hall–Kier alpha value is -2.36. The van der Waals surface area contributed by atoms with Gasteiger partial charge in [0.2, 0.25) is 5.91 Å². The fourth-order valence-electron chi connectivity index (χ4n) is 3.01. The minimum Gasteiger partial charge on any atom is -0.363 e. The molecule has 1 aliphatic rings. The Labute approximate surface area is 125 Å². The first-order chi connectivity index (χ1) is 10.2. The van der Waals surface area contributed by atoms with Gasteiger partial charge in [-0.15, -0.1) is 0 Å². The molecule has 1 atom stereocenters. The van der Waals surface area contributed by atoms with Crippen molar-refractivity contribution in [3.05, 3.63) is 54.4 Å². The third kappa shape index (κ3) is 2.61. The summed E-state index contributed by atoms with van der Waals surface area (Å²) in [5.74, 6) is 0.0935. The Bertz CT molecular complexity index is 641. The molecule has 4 nitrogen and oxygen atoms in total. The molecule has 0 bridgehead atoms. The van der Waals surface area contributed by atoms with Crippen LogP contribution >= 0.6 is 0 Å². The van der Waals surface area contributed by atoms with Crippen LogP contribution in [0.1, 0.15) is 19.4 Å². The van der Waals surface area contributed by atoms with Gasteiger partial charge < -0.3 is 9.80 Å². The van der Waals surface area contributed by atoms with Crippen LogP contribution in [0.25, 0.3) is 0 Å². The summed E-state index contributed by atoms with van der Waals surface area (Å²) in [6.07, 6.45) is 3.68. The quantitative estimate of drug-likeness (QED) is 0.849. The molecule has 0 fully saturated rings. The molecule has 21 heavy (non-hydrogen) atoms. The highest BCUT2D eigenvalue weighted by atomic mass is 16.2. The van der Waals surface area contributed by atoms with Crippen molar-refractivity contribution >= 4 is 17.3 Å². The van der Waals surface area contributed by atoms with Crippen LogP contribution in [-0.4, -0.2) is 23.5 Å². The van der Waals surface area contributed by atoms with Crippen LogP contribution in [0.3, 0.4) is 0 Å². The summed E-state index contributed by atoms with van der Waals surface area (Å²) < 4.78 is 0. The van der Waals surface area contributed by atoms with E-state index in [4.69, 9.17) is 0 Å². The second kappa shape index (κ2) is 5.56. The maximum atomic E-state index is 11.9. The number of fused-ring (bicyclic) bond motifs is 1.